The molecule has 1 saturated heterocycles. The Morgan fingerprint density at radius 3 is 2.32 bits per heavy atom. The van der Waals surface area contributed by atoms with Crippen molar-refractivity contribution in [3.63, 3.8) is 0 Å². The average Bonchev–Trinajstić information content (AvgIpc) is 3.11. The van der Waals surface area contributed by atoms with Gasteiger partial charge in [0.25, 0.3) is 5.91 Å². The van der Waals surface area contributed by atoms with Gasteiger partial charge in [-0.15, -0.1) is 0 Å². The van der Waals surface area contributed by atoms with Gasteiger partial charge in [-0.3, -0.25) is 4.79 Å². The van der Waals surface area contributed by atoms with Crippen molar-refractivity contribution in [3.8, 4) is 11.1 Å². The smallest absolute Gasteiger partial charge is 0.254 e. The first kappa shape index (κ1) is 17.7. The highest BCUT2D eigenvalue weighted by Crippen LogP contribution is 2.25. The fourth-order valence-corrected chi connectivity index (χ4v) is 3.70. The number of hydrogen-bond acceptors (Lipinski definition) is 2. The molecule has 132 valence electrons. The monoisotopic (exact) mass is 337 g/mol. The molecule has 25 heavy (non-hydrogen) atoms. The lowest BCUT2D eigenvalue weighted by Gasteiger charge is -2.24. The van der Waals surface area contributed by atoms with Crippen molar-refractivity contribution in [2.45, 2.75) is 45.1 Å². The zero-order valence-corrected chi connectivity index (χ0v) is 14.9. The molecule has 3 heteroatoms. The van der Waals surface area contributed by atoms with Crippen LogP contribution in [0.5, 0.6) is 0 Å². The lowest BCUT2D eigenvalue weighted by atomic mass is 10.0. The van der Waals surface area contributed by atoms with E-state index in [9.17, 15) is 4.79 Å². The van der Waals surface area contributed by atoms with Gasteiger partial charge >= 0.3 is 0 Å². The number of carbonyl (C=O) groups is 1. The summed E-state index contributed by atoms with van der Waals surface area (Å²) < 4.78 is 0. The molecule has 1 heterocycles. The molecule has 2 aromatic carbocycles. The summed E-state index contributed by atoms with van der Waals surface area (Å²) in [5.74, 6) is 0.167. The van der Waals surface area contributed by atoms with Gasteiger partial charge < -0.3 is 10.0 Å². The summed E-state index contributed by atoms with van der Waals surface area (Å²) in [5.41, 5.74) is 4.15. The summed E-state index contributed by atoms with van der Waals surface area (Å²) in [6, 6.07) is 16.6. The van der Waals surface area contributed by atoms with Crippen LogP contribution in [-0.2, 0) is 6.42 Å². The second-order valence-electron chi connectivity index (χ2n) is 6.83. The van der Waals surface area contributed by atoms with Crippen LogP contribution in [0, 0.1) is 0 Å². The lowest BCUT2D eigenvalue weighted by molar-refractivity contribution is 0.0730. The van der Waals surface area contributed by atoms with E-state index in [0.717, 1.165) is 54.5 Å². The Morgan fingerprint density at radius 1 is 1.08 bits per heavy atom. The van der Waals surface area contributed by atoms with Crippen molar-refractivity contribution in [2.75, 3.05) is 13.2 Å². The van der Waals surface area contributed by atoms with Crippen LogP contribution in [0.3, 0.4) is 0 Å². The van der Waals surface area contributed by atoms with Gasteiger partial charge in [0.2, 0.25) is 0 Å². The van der Waals surface area contributed by atoms with E-state index in [0.29, 0.717) is 12.5 Å². The summed E-state index contributed by atoms with van der Waals surface area (Å²) in [5, 5.41) is 8.99. The third-order valence-corrected chi connectivity index (χ3v) is 5.08. The molecule has 1 aliphatic rings. The SMILES string of the molecule is CCCC1CCCN1C(=O)c1ccc(-c2ccc(CCO)cc2)cc1. The Hall–Kier alpha value is -2.13. The zero-order chi connectivity index (χ0) is 17.6. The maximum Gasteiger partial charge on any atom is 0.254 e. The largest absolute Gasteiger partial charge is 0.396 e. The molecule has 1 N–H and O–H groups in total. The number of amides is 1. The summed E-state index contributed by atoms with van der Waals surface area (Å²) >= 11 is 0. The highest BCUT2D eigenvalue weighted by atomic mass is 16.3. The molecule has 0 aliphatic carbocycles. The molecule has 1 unspecified atom stereocenters. The number of rotatable bonds is 6. The lowest BCUT2D eigenvalue weighted by Crippen LogP contribution is -2.35. The molecule has 0 bridgehead atoms. The van der Waals surface area contributed by atoms with E-state index >= 15 is 0 Å². The Balaban J connectivity index is 1.72. The maximum atomic E-state index is 12.8. The molecular weight excluding hydrogens is 310 g/mol. The number of nitrogens with zero attached hydrogens (tertiary/aromatic N) is 1. The van der Waals surface area contributed by atoms with Gasteiger partial charge in [-0.2, -0.15) is 0 Å². The van der Waals surface area contributed by atoms with Crippen LogP contribution in [0.25, 0.3) is 11.1 Å². The molecule has 0 spiro atoms. The predicted octanol–water partition coefficient (Wildman–Crippen LogP) is 4.29. The van der Waals surface area contributed by atoms with Crippen molar-refractivity contribution in [3.05, 3.63) is 59.7 Å². The number of likely N-dealkylation sites (tertiary alicyclic amines) is 1. The van der Waals surface area contributed by atoms with Gasteiger partial charge in [-0.1, -0.05) is 49.7 Å². The van der Waals surface area contributed by atoms with Crippen molar-refractivity contribution in [2.24, 2.45) is 0 Å². The molecule has 1 aliphatic heterocycles. The minimum Gasteiger partial charge on any atom is -0.396 e. The van der Waals surface area contributed by atoms with Crippen LogP contribution in [0.1, 0.15) is 48.5 Å². The Bertz CT molecular complexity index is 691. The van der Waals surface area contributed by atoms with Crippen LogP contribution in [0.15, 0.2) is 48.5 Å². The molecule has 1 fully saturated rings. The highest BCUT2D eigenvalue weighted by molar-refractivity contribution is 5.95. The first-order valence-electron chi connectivity index (χ1n) is 9.34. The molecule has 0 aromatic heterocycles. The first-order valence-corrected chi connectivity index (χ1v) is 9.34. The maximum absolute atomic E-state index is 12.8. The first-order chi connectivity index (χ1) is 12.2. The Labute approximate surface area is 150 Å². The van der Waals surface area contributed by atoms with E-state index in [4.69, 9.17) is 5.11 Å². The van der Waals surface area contributed by atoms with Crippen molar-refractivity contribution >= 4 is 5.91 Å². The van der Waals surface area contributed by atoms with E-state index in [1.165, 1.54) is 0 Å². The predicted molar refractivity (Wildman–Crippen MR) is 102 cm³/mol. The van der Waals surface area contributed by atoms with Gasteiger partial charge in [-0.25, -0.2) is 0 Å². The molecule has 2 aromatic rings. The third kappa shape index (κ3) is 4.10. The fraction of sp³-hybridized carbons (Fsp3) is 0.409. The molecular formula is C22H27NO2. The van der Waals surface area contributed by atoms with E-state index in [1.54, 1.807) is 0 Å². The number of carbonyl (C=O) groups excluding carboxylic acids is 1. The standard InChI is InChI=1S/C22H27NO2/c1-2-4-21-5-3-15-23(21)22(25)20-12-10-19(11-13-20)18-8-6-17(7-9-18)14-16-24/h6-13,21,24H,2-5,14-16H2,1H3. The molecule has 0 radical (unpaired) electrons. The number of aliphatic hydroxyl groups excluding tert-OH is 1. The normalized spacial score (nSPS) is 17.0. The summed E-state index contributed by atoms with van der Waals surface area (Å²) in [7, 11) is 0. The van der Waals surface area contributed by atoms with E-state index in [1.807, 2.05) is 36.4 Å². The minimum atomic E-state index is 0.167. The third-order valence-electron chi connectivity index (χ3n) is 5.08. The van der Waals surface area contributed by atoms with Gasteiger partial charge in [-0.05, 0) is 54.5 Å². The van der Waals surface area contributed by atoms with Crippen molar-refractivity contribution in [1.29, 1.82) is 0 Å². The quantitative estimate of drug-likeness (QED) is 0.854. The Morgan fingerprint density at radius 2 is 1.72 bits per heavy atom. The number of benzene rings is 2. The van der Waals surface area contributed by atoms with Crippen LogP contribution in [0.4, 0.5) is 0 Å². The number of aliphatic hydroxyl groups is 1. The van der Waals surface area contributed by atoms with Gasteiger partial charge in [0.15, 0.2) is 0 Å². The van der Waals surface area contributed by atoms with Crippen molar-refractivity contribution in [1.82, 2.24) is 4.90 Å². The molecule has 3 nitrogen and oxygen atoms in total. The van der Waals surface area contributed by atoms with E-state index in [-0.39, 0.29) is 12.5 Å². The number of hydrogen-bond donors (Lipinski definition) is 1. The average molecular weight is 337 g/mol. The van der Waals surface area contributed by atoms with Crippen LogP contribution < -0.4 is 0 Å². The Kier molecular flexibility index (Phi) is 5.87. The van der Waals surface area contributed by atoms with E-state index < -0.39 is 0 Å². The van der Waals surface area contributed by atoms with Crippen LogP contribution >= 0.6 is 0 Å². The van der Waals surface area contributed by atoms with Gasteiger partial charge in [0.05, 0.1) is 0 Å². The summed E-state index contributed by atoms with van der Waals surface area (Å²) in [6.45, 7) is 3.24. The van der Waals surface area contributed by atoms with Gasteiger partial charge in [0.1, 0.15) is 0 Å². The van der Waals surface area contributed by atoms with Crippen LogP contribution in [0.2, 0.25) is 0 Å². The van der Waals surface area contributed by atoms with Crippen LogP contribution in [-0.4, -0.2) is 35.1 Å². The van der Waals surface area contributed by atoms with E-state index in [2.05, 4.69) is 24.0 Å². The molecule has 1 atom stereocenters. The van der Waals surface area contributed by atoms with Gasteiger partial charge in [0, 0.05) is 24.8 Å². The zero-order valence-electron chi connectivity index (χ0n) is 14.9. The second kappa shape index (κ2) is 8.30. The van der Waals surface area contributed by atoms with Crippen molar-refractivity contribution < 1.29 is 9.90 Å². The topological polar surface area (TPSA) is 40.5 Å². The summed E-state index contributed by atoms with van der Waals surface area (Å²) in [4.78, 5) is 14.9. The molecule has 3 rings (SSSR count). The second-order valence-corrected chi connectivity index (χ2v) is 6.83. The fourth-order valence-electron chi connectivity index (χ4n) is 3.70. The molecule has 0 saturated carbocycles. The molecule has 1 amide bonds. The summed E-state index contributed by atoms with van der Waals surface area (Å²) in [6.07, 6.45) is 5.17. The minimum absolute atomic E-state index is 0.167. The highest BCUT2D eigenvalue weighted by Gasteiger charge is 2.28.